The van der Waals surface area contributed by atoms with Crippen LogP contribution in [0, 0.1) is 6.92 Å². The standard InChI is InChI=1S/C21H27NO6/c1-4-6-8-14-11-19(24)28-20-13(3)17(10-9-15(14)20)27-12-18(23)22-16(7-5-2)21(25)26/h9-11,16H,4-8,12H2,1-3H3,(H,22,23)(H,25,26)/t16-/m1/s1. The quantitative estimate of drug-likeness (QED) is 0.605. The van der Waals surface area contributed by atoms with E-state index in [1.165, 1.54) is 6.07 Å². The van der Waals surface area contributed by atoms with Crippen molar-refractivity contribution in [2.24, 2.45) is 0 Å². The minimum absolute atomic E-state index is 0.320. The lowest BCUT2D eigenvalue weighted by Crippen LogP contribution is -2.42. The number of aryl methyl sites for hydroxylation is 2. The Hall–Kier alpha value is -2.83. The van der Waals surface area contributed by atoms with E-state index in [2.05, 4.69) is 12.2 Å². The van der Waals surface area contributed by atoms with Gasteiger partial charge in [-0.2, -0.15) is 0 Å². The van der Waals surface area contributed by atoms with Gasteiger partial charge in [0.25, 0.3) is 5.91 Å². The molecule has 0 saturated carbocycles. The molecule has 0 aliphatic rings. The highest BCUT2D eigenvalue weighted by Crippen LogP contribution is 2.29. The van der Waals surface area contributed by atoms with Crippen LogP contribution in [-0.2, 0) is 16.0 Å². The maximum atomic E-state index is 12.0. The van der Waals surface area contributed by atoms with Gasteiger partial charge in [0.2, 0.25) is 0 Å². The van der Waals surface area contributed by atoms with Crippen molar-refractivity contribution in [2.45, 2.75) is 58.9 Å². The first-order valence-corrected chi connectivity index (χ1v) is 9.58. The van der Waals surface area contributed by atoms with E-state index >= 15 is 0 Å². The summed E-state index contributed by atoms with van der Waals surface area (Å²) in [6, 6.07) is 4.14. The third kappa shape index (κ3) is 5.34. The lowest BCUT2D eigenvalue weighted by Gasteiger charge is -2.15. The van der Waals surface area contributed by atoms with Crippen molar-refractivity contribution in [1.29, 1.82) is 0 Å². The van der Waals surface area contributed by atoms with E-state index < -0.39 is 23.5 Å². The summed E-state index contributed by atoms with van der Waals surface area (Å²) >= 11 is 0. The van der Waals surface area contributed by atoms with Crippen LogP contribution in [0.25, 0.3) is 11.0 Å². The monoisotopic (exact) mass is 389 g/mol. The number of aliphatic carboxylic acids is 1. The molecular weight excluding hydrogens is 362 g/mol. The summed E-state index contributed by atoms with van der Waals surface area (Å²) in [4.78, 5) is 35.1. The van der Waals surface area contributed by atoms with Crippen LogP contribution in [0.5, 0.6) is 5.75 Å². The first-order valence-electron chi connectivity index (χ1n) is 9.58. The predicted octanol–water partition coefficient (Wildman–Crippen LogP) is 3.19. The van der Waals surface area contributed by atoms with Crippen molar-refractivity contribution in [1.82, 2.24) is 5.32 Å². The Morgan fingerprint density at radius 3 is 2.64 bits per heavy atom. The second-order valence-electron chi connectivity index (χ2n) is 6.80. The van der Waals surface area contributed by atoms with Crippen molar-refractivity contribution in [2.75, 3.05) is 6.61 Å². The van der Waals surface area contributed by atoms with E-state index in [-0.39, 0.29) is 6.61 Å². The van der Waals surface area contributed by atoms with Crippen LogP contribution >= 0.6 is 0 Å². The summed E-state index contributed by atoms with van der Waals surface area (Å²) < 4.78 is 10.9. The number of carboxylic acid groups (broad SMARTS) is 1. The van der Waals surface area contributed by atoms with Gasteiger partial charge in [-0.05, 0) is 43.9 Å². The van der Waals surface area contributed by atoms with Gasteiger partial charge in [-0.25, -0.2) is 9.59 Å². The Morgan fingerprint density at radius 1 is 1.25 bits per heavy atom. The van der Waals surface area contributed by atoms with Crippen molar-refractivity contribution in [3.63, 3.8) is 0 Å². The second-order valence-corrected chi connectivity index (χ2v) is 6.80. The molecule has 0 aliphatic heterocycles. The molecule has 0 spiro atoms. The first-order chi connectivity index (χ1) is 13.4. The topological polar surface area (TPSA) is 106 Å². The molecule has 2 aromatic rings. The zero-order valence-electron chi connectivity index (χ0n) is 16.5. The summed E-state index contributed by atoms with van der Waals surface area (Å²) in [6.45, 7) is 5.38. The SMILES string of the molecule is CCCCc1cc(=O)oc2c(C)c(OCC(=O)N[C@H](CCC)C(=O)O)ccc12. The molecular formula is C21H27NO6. The maximum absolute atomic E-state index is 12.0. The molecule has 1 amide bonds. The Bertz CT molecular complexity index is 902. The number of unbranched alkanes of at least 4 members (excludes halogenated alkanes) is 1. The van der Waals surface area contributed by atoms with Gasteiger partial charge < -0.3 is 19.6 Å². The molecule has 28 heavy (non-hydrogen) atoms. The number of carbonyl (C=O) groups excluding carboxylic acids is 1. The number of hydrogen-bond donors (Lipinski definition) is 2. The van der Waals surface area contributed by atoms with E-state index in [0.717, 1.165) is 30.2 Å². The van der Waals surface area contributed by atoms with Crippen LogP contribution in [-0.4, -0.2) is 29.6 Å². The molecule has 0 radical (unpaired) electrons. The minimum atomic E-state index is -1.07. The highest BCUT2D eigenvalue weighted by molar-refractivity contribution is 5.86. The van der Waals surface area contributed by atoms with E-state index in [1.807, 2.05) is 13.0 Å². The second kappa shape index (κ2) is 9.92. The predicted molar refractivity (Wildman–Crippen MR) is 106 cm³/mol. The normalized spacial score (nSPS) is 12.0. The van der Waals surface area contributed by atoms with Crippen LogP contribution < -0.4 is 15.7 Å². The summed E-state index contributed by atoms with van der Waals surface area (Å²) in [5.74, 6) is -1.17. The highest BCUT2D eigenvalue weighted by atomic mass is 16.5. The number of hydrogen-bond acceptors (Lipinski definition) is 5. The van der Waals surface area contributed by atoms with Gasteiger partial charge in [-0.15, -0.1) is 0 Å². The number of fused-ring (bicyclic) bond motifs is 1. The lowest BCUT2D eigenvalue weighted by atomic mass is 10.0. The molecule has 7 heteroatoms. The molecule has 1 heterocycles. The van der Waals surface area contributed by atoms with Gasteiger partial charge in [0.1, 0.15) is 17.4 Å². The molecule has 2 rings (SSSR count). The fraction of sp³-hybridized carbons (Fsp3) is 0.476. The average molecular weight is 389 g/mol. The van der Waals surface area contributed by atoms with Gasteiger partial charge in [0, 0.05) is 17.0 Å². The van der Waals surface area contributed by atoms with Gasteiger partial charge in [0.05, 0.1) is 0 Å². The average Bonchev–Trinajstić information content (AvgIpc) is 2.65. The Morgan fingerprint density at radius 2 is 2.00 bits per heavy atom. The van der Waals surface area contributed by atoms with Crippen LogP contribution in [0.2, 0.25) is 0 Å². The number of carbonyl (C=O) groups is 2. The number of rotatable bonds is 10. The molecule has 0 saturated heterocycles. The molecule has 0 fully saturated rings. The zero-order valence-corrected chi connectivity index (χ0v) is 16.5. The first kappa shape index (κ1) is 21.5. The molecule has 0 unspecified atom stereocenters. The smallest absolute Gasteiger partial charge is 0.336 e. The number of benzene rings is 1. The van der Waals surface area contributed by atoms with Crippen LogP contribution in [0.15, 0.2) is 27.4 Å². The highest BCUT2D eigenvalue weighted by Gasteiger charge is 2.19. The van der Waals surface area contributed by atoms with E-state index in [9.17, 15) is 14.4 Å². The largest absolute Gasteiger partial charge is 0.483 e. The molecule has 7 nitrogen and oxygen atoms in total. The van der Waals surface area contributed by atoms with Gasteiger partial charge in [0.15, 0.2) is 6.61 Å². The van der Waals surface area contributed by atoms with E-state index in [0.29, 0.717) is 29.7 Å². The summed E-state index contributed by atoms with van der Waals surface area (Å²) in [6.07, 6.45) is 3.77. The third-order valence-electron chi connectivity index (χ3n) is 4.57. The van der Waals surface area contributed by atoms with Gasteiger partial charge >= 0.3 is 11.6 Å². The van der Waals surface area contributed by atoms with Crippen LogP contribution in [0.3, 0.4) is 0 Å². The van der Waals surface area contributed by atoms with E-state index in [4.69, 9.17) is 14.3 Å². The number of ether oxygens (including phenoxy) is 1. The lowest BCUT2D eigenvalue weighted by molar-refractivity contribution is -0.142. The fourth-order valence-corrected chi connectivity index (χ4v) is 3.06. The third-order valence-corrected chi connectivity index (χ3v) is 4.57. The van der Waals surface area contributed by atoms with E-state index in [1.54, 1.807) is 13.0 Å². The molecule has 1 atom stereocenters. The number of nitrogens with one attached hydrogen (secondary N) is 1. The van der Waals surface area contributed by atoms with Crippen molar-refractivity contribution in [3.05, 3.63) is 39.7 Å². The summed E-state index contributed by atoms with van der Waals surface area (Å²) in [7, 11) is 0. The number of carboxylic acids is 1. The number of amides is 1. The molecule has 0 aliphatic carbocycles. The van der Waals surface area contributed by atoms with Gasteiger partial charge in [-0.1, -0.05) is 26.7 Å². The Balaban J connectivity index is 2.17. The Labute approximate surface area is 163 Å². The van der Waals surface area contributed by atoms with Crippen molar-refractivity contribution < 1.29 is 23.8 Å². The van der Waals surface area contributed by atoms with Gasteiger partial charge in [-0.3, -0.25) is 4.79 Å². The fourth-order valence-electron chi connectivity index (χ4n) is 3.06. The van der Waals surface area contributed by atoms with Crippen LogP contribution in [0.1, 0.15) is 50.7 Å². The molecule has 152 valence electrons. The maximum Gasteiger partial charge on any atom is 0.336 e. The zero-order chi connectivity index (χ0) is 20.7. The van der Waals surface area contributed by atoms with Crippen molar-refractivity contribution >= 4 is 22.8 Å². The molecule has 0 bridgehead atoms. The summed E-state index contributed by atoms with van der Waals surface area (Å²) in [5, 5.41) is 12.4. The van der Waals surface area contributed by atoms with Crippen LogP contribution in [0.4, 0.5) is 0 Å². The molecule has 2 N–H and O–H groups in total. The Kier molecular flexibility index (Phi) is 7.61. The van der Waals surface area contributed by atoms with Crippen molar-refractivity contribution in [3.8, 4) is 5.75 Å². The minimum Gasteiger partial charge on any atom is -0.483 e. The summed E-state index contributed by atoms with van der Waals surface area (Å²) in [5.41, 5.74) is 1.60. The molecule has 1 aromatic heterocycles. The molecule has 1 aromatic carbocycles.